The van der Waals surface area contributed by atoms with Crippen LogP contribution in [0.3, 0.4) is 0 Å². The molecule has 1 aliphatic heterocycles. The highest BCUT2D eigenvalue weighted by Crippen LogP contribution is 2.18. The van der Waals surface area contributed by atoms with Gasteiger partial charge in [0.25, 0.3) is 0 Å². The molecule has 1 aliphatic rings. The Morgan fingerprint density at radius 1 is 1.61 bits per heavy atom. The Morgan fingerprint density at radius 3 is 3.00 bits per heavy atom. The van der Waals surface area contributed by atoms with Gasteiger partial charge in [0.15, 0.2) is 0 Å². The summed E-state index contributed by atoms with van der Waals surface area (Å²) < 4.78 is 32.2. The minimum Gasteiger partial charge on any atom is -0.381 e. The number of nitrogens with zero attached hydrogens (tertiary/aromatic N) is 1. The molecule has 1 aromatic heterocycles. The molecular weight excluding hydrogens is 256 g/mol. The van der Waals surface area contributed by atoms with Crippen molar-refractivity contribution in [1.29, 1.82) is 0 Å². The van der Waals surface area contributed by atoms with Gasteiger partial charge in [0.2, 0.25) is 10.0 Å². The number of aryl methyl sites for hydroxylation is 1. The van der Waals surface area contributed by atoms with E-state index in [1.54, 1.807) is 6.92 Å². The second kappa shape index (κ2) is 5.35. The predicted molar refractivity (Wildman–Crippen MR) is 65.3 cm³/mol. The maximum Gasteiger partial charge on any atom is 0.244 e. The van der Waals surface area contributed by atoms with Crippen LogP contribution < -0.4 is 10.5 Å². The van der Waals surface area contributed by atoms with Crippen LogP contribution in [0.5, 0.6) is 0 Å². The monoisotopic (exact) mass is 274 g/mol. The zero-order valence-corrected chi connectivity index (χ0v) is 11.1. The number of hydrogen-bond donors (Lipinski definition) is 3. The number of aromatic amines is 1. The van der Waals surface area contributed by atoms with E-state index in [0.717, 1.165) is 6.42 Å². The van der Waals surface area contributed by atoms with E-state index in [1.165, 1.54) is 0 Å². The van der Waals surface area contributed by atoms with Crippen LogP contribution in [0.15, 0.2) is 4.90 Å². The summed E-state index contributed by atoms with van der Waals surface area (Å²) >= 11 is 0. The average Bonchev–Trinajstić information content (AvgIpc) is 2.95. The van der Waals surface area contributed by atoms with Crippen molar-refractivity contribution in [2.45, 2.75) is 24.8 Å². The maximum absolute atomic E-state index is 12.2. The summed E-state index contributed by atoms with van der Waals surface area (Å²) in [5.74, 6) is 0.244. The molecular formula is C10H18N4O3S. The summed E-state index contributed by atoms with van der Waals surface area (Å²) in [5.41, 5.74) is 6.35. The molecule has 1 atom stereocenters. The molecule has 4 N–H and O–H groups in total. The quantitative estimate of drug-likeness (QED) is 0.670. The van der Waals surface area contributed by atoms with Crippen LogP contribution in [-0.2, 0) is 21.3 Å². The summed E-state index contributed by atoms with van der Waals surface area (Å²) in [6, 6.07) is 0. The van der Waals surface area contributed by atoms with Gasteiger partial charge in [0.1, 0.15) is 4.90 Å². The summed E-state index contributed by atoms with van der Waals surface area (Å²) in [4.78, 5) is 0.170. The van der Waals surface area contributed by atoms with Gasteiger partial charge in [-0.15, -0.1) is 0 Å². The first-order valence-electron chi connectivity index (χ1n) is 5.86. The number of hydrogen-bond acceptors (Lipinski definition) is 5. The minimum absolute atomic E-state index is 0.0904. The molecule has 0 radical (unpaired) electrons. The molecule has 1 unspecified atom stereocenters. The molecule has 0 amide bonds. The van der Waals surface area contributed by atoms with Gasteiger partial charge < -0.3 is 10.5 Å². The number of aromatic nitrogens is 2. The minimum atomic E-state index is -3.56. The molecule has 8 heteroatoms. The van der Waals surface area contributed by atoms with Gasteiger partial charge in [0.05, 0.1) is 18.0 Å². The number of nitrogens with one attached hydrogen (secondary N) is 2. The van der Waals surface area contributed by atoms with E-state index < -0.39 is 10.0 Å². The van der Waals surface area contributed by atoms with E-state index in [9.17, 15) is 8.42 Å². The first kappa shape index (κ1) is 13.5. The van der Waals surface area contributed by atoms with Gasteiger partial charge in [-0.2, -0.15) is 5.10 Å². The smallest absolute Gasteiger partial charge is 0.244 e. The van der Waals surface area contributed by atoms with E-state index in [2.05, 4.69) is 14.9 Å². The number of ether oxygens (including phenoxy) is 1. The van der Waals surface area contributed by atoms with E-state index >= 15 is 0 Å². The fourth-order valence-electron chi connectivity index (χ4n) is 2.01. The SMILES string of the molecule is Cc1[nH]nc(CN)c1S(=O)(=O)NCC1CCOC1. The molecule has 0 bridgehead atoms. The Hall–Kier alpha value is -0.960. The Bertz CT molecular complexity index is 505. The average molecular weight is 274 g/mol. The second-order valence-corrected chi connectivity index (χ2v) is 6.11. The summed E-state index contributed by atoms with van der Waals surface area (Å²) in [6.45, 7) is 3.45. The van der Waals surface area contributed by atoms with Crippen molar-refractivity contribution in [1.82, 2.24) is 14.9 Å². The van der Waals surface area contributed by atoms with Crippen LogP contribution in [0.4, 0.5) is 0 Å². The van der Waals surface area contributed by atoms with Crippen LogP contribution in [0.1, 0.15) is 17.8 Å². The van der Waals surface area contributed by atoms with Gasteiger partial charge >= 0.3 is 0 Å². The van der Waals surface area contributed by atoms with Crippen LogP contribution in [0, 0.1) is 12.8 Å². The first-order chi connectivity index (χ1) is 8.54. The van der Waals surface area contributed by atoms with Crippen molar-refractivity contribution in [2.75, 3.05) is 19.8 Å². The topological polar surface area (TPSA) is 110 Å². The molecule has 7 nitrogen and oxygen atoms in total. The van der Waals surface area contributed by atoms with Crippen LogP contribution in [-0.4, -0.2) is 38.4 Å². The lowest BCUT2D eigenvalue weighted by molar-refractivity contribution is 0.186. The zero-order valence-electron chi connectivity index (χ0n) is 10.3. The number of sulfonamides is 1. The number of nitrogens with two attached hydrogens (primary N) is 1. The van der Waals surface area contributed by atoms with Crippen molar-refractivity contribution >= 4 is 10.0 Å². The van der Waals surface area contributed by atoms with Crippen molar-refractivity contribution in [2.24, 2.45) is 11.7 Å². The summed E-state index contributed by atoms with van der Waals surface area (Å²) in [6.07, 6.45) is 0.886. The molecule has 18 heavy (non-hydrogen) atoms. The highest BCUT2D eigenvalue weighted by atomic mass is 32.2. The van der Waals surface area contributed by atoms with Crippen molar-refractivity contribution in [3.8, 4) is 0 Å². The highest BCUT2D eigenvalue weighted by molar-refractivity contribution is 7.89. The van der Waals surface area contributed by atoms with E-state index in [1.807, 2.05) is 0 Å². The van der Waals surface area contributed by atoms with Gasteiger partial charge in [-0.05, 0) is 19.3 Å². The fraction of sp³-hybridized carbons (Fsp3) is 0.700. The fourth-order valence-corrected chi connectivity index (χ4v) is 3.50. The van der Waals surface area contributed by atoms with Crippen LogP contribution in [0.25, 0.3) is 0 Å². The Kier molecular flexibility index (Phi) is 4.00. The molecule has 1 fully saturated rings. The largest absolute Gasteiger partial charge is 0.381 e. The molecule has 0 spiro atoms. The number of rotatable bonds is 5. The van der Waals surface area contributed by atoms with Gasteiger partial charge in [0, 0.05) is 19.7 Å². The third kappa shape index (κ3) is 2.72. The number of H-pyrrole nitrogens is 1. The zero-order chi connectivity index (χ0) is 13.2. The predicted octanol–water partition coefficient (Wildman–Crippen LogP) is -0.508. The van der Waals surface area contributed by atoms with Crippen molar-refractivity contribution < 1.29 is 13.2 Å². The van der Waals surface area contributed by atoms with Crippen LogP contribution in [0.2, 0.25) is 0 Å². The lowest BCUT2D eigenvalue weighted by Gasteiger charge is -2.10. The van der Waals surface area contributed by atoms with E-state index in [-0.39, 0.29) is 17.4 Å². The Morgan fingerprint density at radius 2 is 2.39 bits per heavy atom. The second-order valence-electron chi connectivity index (χ2n) is 4.41. The maximum atomic E-state index is 12.2. The van der Waals surface area contributed by atoms with E-state index in [4.69, 9.17) is 10.5 Å². The normalized spacial score (nSPS) is 20.4. The summed E-state index contributed by atoms with van der Waals surface area (Å²) in [5, 5.41) is 6.53. The van der Waals surface area contributed by atoms with Gasteiger partial charge in [-0.1, -0.05) is 0 Å². The molecule has 0 aliphatic carbocycles. The lowest BCUT2D eigenvalue weighted by atomic mass is 10.1. The highest BCUT2D eigenvalue weighted by Gasteiger charge is 2.25. The summed E-state index contributed by atoms with van der Waals surface area (Å²) in [7, 11) is -3.56. The molecule has 1 aromatic rings. The van der Waals surface area contributed by atoms with Crippen molar-refractivity contribution in [3.63, 3.8) is 0 Å². The van der Waals surface area contributed by atoms with Gasteiger partial charge in [-0.25, -0.2) is 13.1 Å². The standard InChI is InChI=1S/C10H18N4O3S/c1-7-10(9(4-11)14-13-7)18(15,16)12-5-8-2-3-17-6-8/h8,12H,2-6,11H2,1H3,(H,13,14). The molecule has 0 aromatic carbocycles. The molecule has 0 saturated carbocycles. The van der Waals surface area contributed by atoms with E-state index in [0.29, 0.717) is 31.1 Å². The lowest BCUT2D eigenvalue weighted by Crippen LogP contribution is -2.30. The van der Waals surface area contributed by atoms with Gasteiger partial charge in [-0.3, -0.25) is 5.10 Å². The van der Waals surface area contributed by atoms with Crippen molar-refractivity contribution in [3.05, 3.63) is 11.4 Å². The molecule has 1 saturated heterocycles. The molecule has 2 rings (SSSR count). The first-order valence-corrected chi connectivity index (χ1v) is 7.34. The third-order valence-corrected chi connectivity index (χ3v) is 4.64. The third-order valence-electron chi connectivity index (χ3n) is 3.01. The Balaban J connectivity index is 2.11. The molecule has 2 heterocycles. The Labute approximate surface area is 106 Å². The molecule has 102 valence electrons. The van der Waals surface area contributed by atoms with Crippen LogP contribution >= 0.6 is 0 Å².